The predicted octanol–water partition coefficient (Wildman–Crippen LogP) is 0.605. The van der Waals surface area contributed by atoms with Crippen LogP contribution in [0.4, 0.5) is 0 Å². The zero-order chi connectivity index (χ0) is 9.14. The first kappa shape index (κ1) is 9.52. The van der Waals surface area contributed by atoms with Crippen LogP contribution < -0.4 is 5.32 Å². The van der Waals surface area contributed by atoms with Crippen LogP contribution in [0.3, 0.4) is 0 Å². The van der Waals surface area contributed by atoms with Crippen molar-refractivity contribution in [1.29, 1.82) is 0 Å². The van der Waals surface area contributed by atoms with Crippen molar-refractivity contribution >= 4 is 5.91 Å². The van der Waals surface area contributed by atoms with Gasteiger partial charge in [-0.05, 0) is 33.4 Å². The number of carbonyl (C=O) groups excluding carboxylic acids is 1. The number of nitrogens with one attached hydrogen (secondary N) is 1. The topological polar surface area (TPSA) is 32.3 Å². The molecule has 1 aliphatic rings. The Labute approximate surface area is 74.1 Å². The lowest BCUT2D eigenvalue weighted by Crippen LogP contribution is -2.33. The fraction of sp³-hybridized carbons (Fsp3) is 0.889. The summed E-state index contributed by atoms with van der Waals surface area (Å²) in [5.74, 6) is 0.0967. The van der Waals surface area contributed by atoms with Gasteiger partial charge in [0.2, 0.25) is 5.91 Å². The maximum Gasteiger partial charge on any atom is 0.217 e. The van der Waals surface area contributed by atoms with Gasteiger partial charge in [-0.2, -0.15) is 0 Å². The molecular formula is C9H18N2O. The molecule has 0 saturated heterocycles. The van der Waals surface area contributed by atoms with Crippen LogP contribution in [0, 0.1) is 0 Å². The monoisotopic (exact) mass is 170 g/mol. The van der Waals surface area contributed by atoms with E-state index in [1.807, 2.05) is 0 Å². The zero-order valence-corrected chi connectivity index (χ0v) is 8.13. The van der Waals surface area contributed by atoms with E-state index in [2.05, 4.69) is 24.3 Å². The Morgan fingerprint density at radius 1 is 1.42 bits per heavy atom. The molecule has 1 rings (SSSR count). The van der Waals surface area contributed by atoms with E-state index < -0.39 is 0 Å². The lowest BCUT2D eigenvalue weighted by atomic mass is 10.2. The minimum absolute atomic E-state index is 0.0967. The molecular weight excluding hydrogens is 152 g/mol. The Hall–Kier alpha value is -0.570. The summed E-state index contributed by atoms with van der Waals surface area (Å²) in [5.41, 5.74) is 0. The molecule has 0 aromatic heterocycles. The van der Waals surface area contributed by atoms with Crippen molar-refractivity contribution in [2.45, 2.75) is 38.3 Å². The number of hydrogen-bond donors (Lipinski definition) is 1. The van der Waals surface area contributed by atoms with Crippen LogP contribution in [0.5, 0.6) is 0 Å². The van der Waals surface area contributed by atoms with Crippen LogP contribution in [0.25, 0.3) is 0 Å². The van der Waals surface area contributed by atoms with Gasteiger partial charge in [-0.3, -0.25) is 4.79 Å². The summed E-state index contributed by atoms with van der Waals surface area (Å²) in [6, 6.07) is 1.07. The van der Waals surface area contributed by atoms with Gasteiger partial charge in [0.1, 0.15) is 0 Å². The van der Waals surface area contributed by atoms with Crippen molar-refractivity contribution in [1.82, 2.24) is 10.2 Å². The summed E-state index contributed by atoms with van der Waals surface area (Å²) in [5, 5.41) is 2.96. The normalized spacial score (nSPS) is 29.3. The van der Waals surface area contributed by atoms with Gasteiger partial charge in [0.25, 0.3) is 0 Å². The van der Waals surface area contributed by atoms with Crippen LogP contribution in [0.1, 0.15) is 26.2 Å². The average molecular weight is 170 g/mol. The molecule has 0 heterocycles. The van der Waals surface area contributed by atoms with E-state index in [0.29, 0.717) is 12.1 Å². The van der Waals surface area contributed by atoms with E-state index in [1.165, 1.54) is 6.42 Å². The van der Waals surface area contributed by atoms with Gasteiger partial charge in [0.15, 0.2) is 0 Å². The fourth-order valence-electron chi connectivity index (χ4n) is 1.85. The zero-order valence-electron chi connectivity index (χ0n) is 8.13. The number of rotatable bonds is 2. The third-order valence-electron chi connectivity index (χ3n) is 2.54. The van der Waals surface area contributed by atoms with E-state index >= 15 is 0 Å². The fourth-order valence-corrected chi connectivity index (χ4v) is 1.85. The molecule has 3 nitrogen and oxygen atoms in total. The molecule has 12 heavy (non-hydrogen) atoms. The van der Waals surface area contributed by atoms with Gasteiger partial charge in [-0.15, -0.1) is 0 Å². The molecule has 0 radical (unpaired) electrons. The van der Waals surface area contributed by atoms with E-state index in [4.69, 9.17) is 0 Å². The van der Waals surface area contributed by atoms with Gasteiger partial charge in [0.05, 0.1) is 0 Å². The first-order chi connectivity index (χ1) is 5.59. The molecule has 1 aliphatic carbocycles. The summed E-state index contributed by atoms with van der Waals surface area (Å²) < 4.78 is 0. The maximum absolute atomic E-state index is 10.8. The number of nitrogens with zero attached hydrogens (tertiary/aromatic N) is 1. The molecule has 0 unspecified atom stereocenters. The van der Waals surface area contributed by atoms with Crippen molar-refractivity contribution in [3.63, 3.8) is 0 Å². The summed E-state index contributed by atoms with van der Waals surface area (Å²) in [6.07, 6.45) is 3.44. The van der Waals surface area contributed by atoms with Crippen molar-refractivity contribution in [2.24, 2.45) is 0 Å². The van der Waals surface area contributed by atoms with Gasteiger partial charge in [0, 0.05) is 19.0 Å². The quantitative estimate of drug-likeness (QED) is 0.658. The molecule has 1 saturated carbocycles. The SMILES string of the molecule is CC(=O)N[C@H]1CC[C@H](N(C)C)C1. The molecule has 3 heteroatoms. The van der Waals surface area contributed by atoms with Crippen LogP contribution in [0.2, 0.25) is 0 Å². The highest BCUT2D eigenvalue weighted by molar-refractivity contribution is 5.73. The average Bonchev–Trinajstić information content (AvgIpc) is 2.34. The van der Waals surface area contributed by atoms with Crippen LogP contribution in [0.15, 0.2) is 0 Å². The largest absolute Gasteiger partial charge is 0.354 e. The smallest absolute Gasteiger partial charge is 0.217 e. The van der Waals surface area contributed by atoms with E-state index in [1.54, 1.807) is 6.92 Å². The molecule has 0 aliphatic heterocycles. The van der Waals surface area contributed by atoms with E-state index in [0.717, 1.165) is 12.8 Å². The Kier molecular flexibility index (Phi) is 3.09. The predicted molar refractivity (Wildman–Crippen MR) is 48.9 cm³/mol. The molecule has 0 bridgehead atoms. The van der Waals surface area contributed by atoms with Gasteiger partial charge < -0.3 is 10.2 Å². The van der Waals surface area contributed by atoms with Crippen molar-refractivity contribution in [3.8, 4) is 0 Å². The van der Waals surface area contributed by atoms with Crippen molar-refractivity contribution < 1.29 is 4.79 Å². The number of amides is 1. The Morgan fingerprint density at radius 2 is 2.08 bits per heavy atom. The molecule has 1 N–H and O–H groups in total. The van der Waals surface area contributed by atoms with Crippen LogP contribution >= 0.6 is 0 Å². The summed E-state index contributed by atoms with van der Waals surface area (Å²) in [7, 11) is 4.20. The molecule has 0 aromatic carbocycles. The summed E-state index contributed by atoms with van der Waals surface area (Å²) in [4.78, 5) is 13.0. The van der Waals surface area contributed by atoms with Crippen molar-refractivity contribution in [3.05, 3.63) is 0 Å². The number of hydrogen-bond acceptors (Lipinski definition) is 2. The highest BCUT2D eigenvalue weighted by Gasteiger charge is 2.25. The van der Waals surface area contributed by atoms with Crippen molar-refractivity contribution in [2.75, 3.05) is 14.1 Å². The van der Waals surface area contributed by atoms with Gasteiger partial charge >= 0.3 is 0 Å². The second-order valence-corrected chi connectivity index (χ2v) is 3.83. The Balaban J connectivity index is 2.30. The highest BCUT2D eigenvalue weighted by atomic mass is 16.1. The molecule has 1 amide bonds. The summed E-state index contributed by atoms with van der Waals surface area (Å²) >= 11 is 0. The maximum atomic E-state index is 10.8. The second-order valence-electron chi connectivity index (χ2n) is 3.83. The highest BCUT2D eigenvalue weighted by Crippen LogP contribution is 2.22. The first-order valence-electron chi connectivity index (χ1n) is 4.53. The Bertz CT molecular complexity index is 168. The first-order valence-corrected chi connectivity index (χ1v) is 4.53. The van der Waals surface area contributed by atoms with Crippen LogP contribution in [-0.4, -0.2) is 37.0 Å². The Morgan fingerprint density at radius 3 is 2.50 bits per heavy atom. The molecule has 1 fully saturated rings. The van der Waals surface area contributed by atoms with Gasteiger partial charge in [-0.25, -0.2) is 0 Å². The third-order valence-corrected chi connectivity index (χ3v) is 2.54. The van der Waals surface area contributed by atoms with E-state index in [-0.39, 0.29) is 5.91 Å². The number of carbonyl (C=O) groups is 1. The second kappa shape index (κ2) is 3.90. The third kappa shape index (κ3) is 2.48. The van der Waals surface area contributed by atoms with Gasteiger partial charge in [-0.1, -0.05) is 0 Å². The lowest BCUT2D eigenvalue weighted by molar-refractivity contribution is -0.119. The minimum atomic E-state index is 0.0967. The molecule has 2 atom stereocenters. The lowest BCUT2D eigenvalue weighted by Gasteiger charge is -2.18. The summed E-state index contributed by atoms with van der Waals surface area (Å²) in [6.45, 7) is 1.59. The van der Waals surface area contributed by atoms with Crippen LogP contribution in [-0.2, 0) is 4.79 Å². The molecule has 70 valence electrons. The van der Waals surface area contributed by atoms with E-state index in [9.17, 15) is 4.79 Å². The molecule has 0 spiro atoms. The molecule has 0 aromatic rings. The standard InChI is InChI=1S/C9H18N2O/c1-7(12)10-8-4-5-9(6-8)11(2)3/h8-9H,4-6H2,1-3H3,(H,10,12)/t8-,9-/m0/s1. The minimum Gasteiger partial charge on any atom is -0.354 e.